The second-order valence-corrected chi connectivity index (χ2v) is 4.28. The number of nitrogens with zero attached hydrogens (tertiary/aromatic N) is 1. The van der Waals surface area contributed by atoms with Crippen molar-refractivity contribution >= 4 is 11.9 Å². The lowest BCUT2D eigenvalue weighted by molar-refractivity contribution is -0.143. The minimum atomic E-state index is -0.625. The molecule has 1 heterocycles. The van der Waals surface area contributed by atoms with Crippen LogP contribution in [0.5, 0.6) is 0 Å². The molecule has 0 aliphatic rings. The molecular formula is C14H13FN2O4. The van der Waals surface area contributed by atoms with Crippen LogP contribution in [-0.4, -0.2) is 23.6 Å². The van der Waals surface area contributed by atoms with E-state index >= 15 is 0 Å². The van der Waals surface area contributed by atoms with Crippen LogP contribution in [0.2, 0.25) is 0 Å². The number of carbonyl (C=O) groups excluding carboxylic acids is 2. The van der Waals surface area contributed by atoms with Crippen molar-refractivity contribution in [3.63, 3.8) is 0 Å². The molecule has 1 amide bonds. The first-order valence-electron chi connectivity index (χ1n) is 6.16. The van der Waals surface area contributed by atoms with Crippen LogP contribution in [0.1, 0.15) is 21.8 Å². The van der Waals surface area contributed by atoms with E-state index in [0.29, 0.717) is 11.5 Å². The molecule has 0 atom stereocenters. The first-order valence-corrected chi connectivity index (χ1v) is 6.16. The molecular weight excluding hydrogens is 279 g/mol. The van der Waals surface area contributed by atoms with Crippen LogP contribution in [0, 0.1) is 12.7 Å². The number of aryl methyl sites for hydroxylation is 1. The van der Waals surface area contributed by atoms with Crippen molar-refractivity contribution in [2.75, 3.05) is 6.54 Å². The van der Waals surface area contributed by atoms with E-state index in [0.717, 1.165) is 6.07 Å². The fourth-order valence-corrected chi connectivity index (χ4v) is 1.58. The fraction of sp³-hybridized carbons (Fsp3) is 0.214. The van der Waals surface area contributed by atoms with Gasteiger partial charge in [0.1, 0.15) is 30.4 Å². The van der Waals surface area contributed by atoms with Crippen molar-refractivity contribution in [3.05, 3.63) is 53.2 Å². The lowest BCUT2D eigenvalue weighted by atomic mass is 10.2. The second kappa shape index (κ2) is 6.65. The zero-order valence-electron chi connectivity index (χ0n) is 11.3. The van der Waals surface area contributed by atoms with Gasteiger partial charge in [0.25, 0.3) is 5.91 Å². The first kappa shape index (κ1) is 14.7. The third kappa shape index (κ3) is 4.41. The number of rotatable bonds is 5. The highest BCUT2D eigenvalue weighted by Gasteiger charge is 2.10. The minimum absolute atomic E-state index is 0.0357. The van der Waals surface area contributed by atoms with Gasteiger partial charge in [-0.2, -0.15) is 0 Å². The Hall–Kier alpha value is -2.70. The van der Waals surface area contributed by atoms with Gasteiger partial charge in [0.15, 0.2) is 0 Å². The molecule has 0 fully saturated rings. The zero-order chi connectivity index (χ0) is 15.2. The van der Waals surface area contributed by atoms with E-state index in [-0.39, 0.29) is 18.7 Å². The lowest BCUT2D eigenvalue weighted by Gasteiger charge is -2.05. The third-order valence-corrected chi connectivity index (χ3v) is 2.54. The molecule has 1 aromatic heterocycles. The molecule has 0 radical (unpaired) electrons. The first-order chi connectivity index (χ1) is 10.0. The Morgan fingerprint density at radius 2 is 2.19 bits per heavy atom. The number of ether oxygens (including phenoxy) is 1. The molecule has 0 unspecified atom stereocenters. The maximum Gasteiger partial charge on any atom is 0.325 e. The van der Waals surface area contributed by atoms with Crippen LogP contribution >= 0.6 is 0 Å². The number of hydrogen-bond donors (Lipinski definition) is 1. The summed E-state index contributed by atoms with van der Waals surface area (Å²) in [5.74, 6) is -1.09. The molecule has 110 valence electrons. The molecule has 0 spiro atoms. The minimum Gasteiger partial charge on any atom is -0.458 e. The van der Waals surface area contributed by atoms with E-state index in [1.54, 1.807) is 13.0 Å². The van der Waals surface area contributed by atoms with Gasteiger partial charge < -0.3 is 14.6 Å². The maximum absolute atomic E-state index is 12.9. The monoisotopic (exact) mass is 292 g/mol. The Labute approximate surface area is 119 Å². The van der Waals surface area contributed by atoms with Crippen LogP contribution in [0.15, 0.2) is 34.9 Å². The third-order valence-electron chi connectivity index (χ3n) is 2.54. The van der Waals surface area contributed by atoms with Crippen LogP contribution < -0.4 is 5.32 Å². The summed E-state index contributed by atoms with van der Waals surface area (Å²) in [7, 11) is 0. The summed E-state index contributed by atoms with van der Waals surface area (Å²) in [6, 6.07) is 6.81. The van der Waals surface area contributed by atoms with Gasteiger partial charge in [-0.3, -0.25) is 9.59 Å². The smallest absolute Gasteiger partial charge is 0.325 e. The van der Waals surface area contributed by atoms with Crippen LogP contribution in [0.3, 0.4) is 0 Å². The lowest BCUT2D eigenvalue weighted by Crippen LogP contribution is -2.30. The standard InChI is InChI=1S/C14H13FN2O4/c1-9-5-12(17-21-9)8-20-13(18)7-16-14(19)10-3-2-4-11(15)6-10/h2-6H,7-8H2,1H3,(H,16,19). The molecule has 7 heteroatoms. The highest BCUT2D eigenvalue weighted by molar-refractivity contribution is 5.95. The largest absolute Gasteiger partial charge is 0.458 e. The highest BCUT2D eigenvalue weighted by atomic mass is 19.1. The number of amides is 1. The number of halogens is 1. The topological polar surface area (TPSA) is 81.4 Å². The summed E-state index contributed by atoms with van der Waals surface area (Å²) >= 11 is 0. The molecule has 2 aromatic rings. The highest BCUT2D eigenvalue weighted by Crippen LogP contribution is 2.04. The second-order valence-electron chi connectivity index (χ2n) is 4.28. The van der Waals surface area contributed by atoms with E-state index in [2.05, 4.69) is 10.5 Å². The molecule has 2 rings (SSSR count). The molecule has 0 aliphatic carbocycles. The van der Waals surface area contributed by atoms with Gasteiger partial charge >= 0.3 is 5.97 Å². The Balaban J connectivity index is 1.77. The summed E-state index contributed by atoms with van der Waals surface area (Å²) in [5.41, 5.74) is 0.618. The molecule has 0 saturated carbocycles. The predicted octanol–water partition coefficient (Wildman–Crippen LogP) is 1.60. The number of benzene rings is 1. The van der Waals surface area contributed by atoms with E-state index in [1.807, 2.05) is 0 Å². The Morgan fingerprint density at radius 3 is 2.86 bits per heavy atom. The van der Waals surface area contributed by atoms with Crippen molar-refractivity contribution < 1.29 is 23.2 Å². The van der Waals surface area contributed by atoms with Crippen molar-refractivity contribution in [1.82, 2.24) is 10.5 Å². The number of nitrogens with one attached hydrogen (secondary N) is 1. The van der Waals surface area contributed by atoms with Crippen molar-refractivity contribution in [2.24, 2.45) is 0 Å². The van der Waals surface area contributed by atoms with Crippen molar-refractivity contribution in [2.45, 2.75) is 13.5 Å². The summed E-state index contributed by atoms with van der Waals surface area (Å²) in [5, 5.41) is 6.00. The Kier molecular flexibility index (Phi) is 4.65. The SMILES string of the molecule is Cc1cc(COC(=O)CNC(=O)c2cccc(F)c2)no1. The van der Waals surface area contributed by atoms with Gasteiger partial charge in [0.2, 0.25) is 0 Å². The Morgan fingerprint density at radius 1 is 1.38 bits per heavy atom. The number of esters is 1. The van der Waals surface area contributed by atoms with Crippen molar-refractivity contribution in [1.29, 1.82) is 0 Å². The summed E-state index contributed by atoms with van der Waals surface area (Å²) < 4.78 is 22.7. The van der Waals surface area contributed by atoms with Gasteiger partial charge in [-0.1, -0.05) is 11.2 Å². The van der Waals surface area contributed by atoms with Crippen LogP contribution in [0.4, 0.5) is 4.39 Å². The number of aromatic nitrogens is 1. The molecule has 1 N–H and O–H groups in total. The molecule has 0 saturated heterocycles. The molecule has 0 aliphatic heterocycles. The number of carbonyl (C=O) groups is 2. The van der Waals surface area contributed by atoms with E-state index < -0.39 is 17.7 Å². The van der Waals surface area contributed by atoms with Crippen LogP contribution in [0.25, 0.3) is 0 Å². The van der Waals surface area contributed by atoms with Crippen LogP contribution in [-0.2, 0) is 16.1 Å². The van der Waals surface area contributed by atoms with Gasteiger partial charge in [-0.05, 0) is 25.1 Å². The Bertz CT molecular complexity index is 654. The van der Waals surface area contributed by atoms with E-state index in [4.69, 9.17) is 9.26 Å². The normalized spacial score (nSPS) is 10.2. The maximum atomic E-state index is 12.9. The summed E-state index contributed by atoms with van der Waals surface area (Å²) in [6.07, 6.45) is 0. The number of hydrogen-bond acceptors (Lipinski definition) is 5. The van der Waals surface area contributed by atoms with Gasteiger partial charge in [-0.15, -0.1) is 0 Å². The molecule has 6 nitrogen and oxygen atoms in total. The average molecular weight is 292 g/mol. The average Bonchev–Trinajstić information content (AvgIpc) is 2.88. The summed E-state index contributed by atoms with van der Waals surface area (Å²) in [6.45, 7) is 1.37. The van der Waals surface area contributed by atoms with Gasteiger partial charge in [0, 0.05) is 11.6 Å². The molecule has 0 bridgehead atoms. The van der Waals surface area contributed by atoms with E-state index in [1.165, 1.54) is 18.2 Å². The molecule has 21 heavy (non-hydrogen) atoms. The summed E-state index contributed by atoms with van der Waals surface area (Å²) in [4.78, 5) is 23.1. The van der Waals surface area contributed by atoms with Gasteiger partial charge in [-0.25, -0.2) is 4.39 Å². The predicted molar refractivity (Wildman–Crippen MR) is 69.8 cm³/mol. The van der Waals surface area contributed by atoms with Gasteiger partial charge in [0.05, 0.1) is 0 Å². The fourth-order valence-electron chi connectivity index (χ4n) is 1.58. The van der Waals surface area contributed by atoms with Crippen molar-refractivity contribution in [3.8, 4) is 0 Å². The van der Waals surface area contributed by atoms with E-state index in [9.17, 15) is 14.0 Å². The quantitative estimate of drug-likeness (QED) is 0.846. The molecule has 1 aromatic carbocycles. The zero-order valence-corrected chi connectivity index (χ0v) is 11.3.